The summed E-state index contributed by atoms with van der Waals surface area (Å²) >= 11 is 6.08. The number of benzene rings is 4. The molecular weight excluding hydrogens is 434 g/mol. The van der Waals surface area contributed by atoms with Crippen molar-refractivity contribution in [1.82, 2.24) is 9.55 Å². The molecule has 0 unspecified atom stereocenters. The Balaban J connectivity index is 1.53. The van der Waals surface area contributed by atoms with E-state index in [1.807, 2.05) is 60.7 Å². The van der Waals surface area contributed by atoms with Crippen molar-refractivity contribution in [2.45, 2.75) is 13.1 Å². The Morgan fingerprint density at radius 3 is 2.42 bits per heavy atom. The number of nitrogens with zero attached hydrogens (tertiary/aromatic N) is 2. The number of anilines is 1. The number of fused-ring (bicyclic) bond motifs is 2. The molecule has 1 N–H and O–H groups in total. The number of imidazole rings is 1. The summed E-state index contributed by atoms with van der Waals surface area (Å²) in [6.45, 7) is 1.28. The summed E-state index contributed by atoms with van der Waals surface area (Å²) in [4.78, 5) is 4.87. The van der Waals surface area contributed by atoms with Gasteiger partial charge in [0.2, 0.25) is 5.95 Å². The van der Waals surface area contributed by atoms with Gasteiger partial charge in [-0.15, -0.1) is 0 Å². The zero-order valence-electron chi connectivity index (χ0n) is 18.5. The Labute approximate surface area is 197 Å². The van der Waals surface area contributed by atoms with E-state index < -0.39 is 0 Å². The minimum absolute atomic E-state index is 0.588. The fourth-order valence-electron chi connectivity index (χ4n) is 4.23. The molecule has 1 aromatic heterocycles. The molecule has 0 spiro atoms. The van der Waals surface area contributed by atoms with E-state index in [1.54, 1.807) is 14.2 Å². The first-order chi connectivity index (χ1) is 16.2. The number of nitrogens with one attached hydrogen (secondary N) is 1. The molecule has 33 heavy (non-hydrogen) atoms. The van der Waals surface area contributed by atoms with Crippen LogP contribution in [0.1, 0.15) is 11.1 Å². The fraction of sp³-hybridized carbons (Fsp3) is 0.148. The van der Waals surface area contributed by atoms with E-state index in [9.17, 15) is 0 Å². The van der Waals surface area contributed by atoms with Crippen molar-refractivity contribution in [3.05, 3.63) is 95.0 Å². The number of hydrogen-bond donors (Lipinski definition) is 1. The highest BCUT2D eigenvalue weighted by Crippen LogP contribution is 2.35. The van der Waals surface area contributed by atoms with Crippen LogP contribution in [0.15, 0.2) is 78.9 Å². The van der Waals surface area contributed by atoms with Gasteiger partial charge < -0.3 is 19.4 Å². The van der Waals surface area contributed by atoms with Gasteiger partial charge in [-0.05, 0) is 47.5 Å². The Bertz CT molecular complexity index is 1430. The molecule has 4 aromatic carbocycles. The van der Waals surface area contributed by atoms with Crippen LogP contribution in [-0.2, 0) is 13.1 Å². The largest absolute Gasteiger partial charge is 0.496 e. The second-order valence-corrected chi connectivity index (χ2v) is 8.24. The zero-order chi connectivity index (χ0) is 22.8. The summed E-state index contributed by atoms with van der Waals surface area (Å²) in [5, 5.41) is 6.34. The number of rotatable bonds is 7. The van der Waals surface area contributed by atoms with Gasteiger partial charge in [0, 0.05) is 22.3 Å². The molecule has 5 nitrogen and oxygen atoms in total. The van der Waals surface area contributed by atoms with E-state index in [0.29, 0.717) is 13.1 Å². The minimum atomic E-state index is 0.588. The fourth-order valence-corrected chi connectivity index (χ4v) is 4.36. The van der Waals surface area contributed by atoms with E-state index >= 15 is 0 Å². The summed E-state index contributed by atoms with van der Waals surface area (Å²) < 4.78 is 13.4. The first kappa shape index (κ1) is 21.2. The summed E-state index contributed by atoms with van der Waals surface area (Å²) in [5.74, 6) is 2.45. The molecule has 0 saturated heterocycles. The maximum Gasteiger partial charge on any atom is 0.204 e. The Kier molecular flexibility index (Phi) is 5.80. The van der Waals surface area contributed by atoms with Gasteiger partial charge in [0.1, 0.15) is 11.5 Å². The van der Waals surface area contributed by atoms with Crippen molar-refractivity contribution in [2.24, 2.45) is 0 Å². The normalized spacial score (nSPS) is 11.1. The van der Waals surface area contributed by atoms with Crippen LogP contribution in [0.2, 0.25) is 5.02 Å². The molecule has 0 bridgehead atoms. The van der Waals surface area contributed by atoms with E-state index in [2.05, 4.69) is 28.1 Å². The zero-order valence-corrected chi connectivity index (χ0v) is 19.3. The van der Waals surface area contributed by atoms with E-state index in [1.165, 1.54) is 0 Å². The molecular formula is C27H24ClN3O2. The third-order valence-electron chi connectivity index (χ3n) is 5.83. The average Bonchev–Trinajstić information content (AvgIpc) is 3.20. The molecule has 0 radical (unpaired) electrons. The molecule has 0 saturated carbocycles. The third kappa shape index (κ3) is 4.08. The lowest BCUT2D eigenvalue weighted by molar-refractivity contribution is 0.415. The summed E-state index contributed by atoms with van der Waals surface area (Å²) in [7, 11) is 3.38. The Morgan fingerprint density at radius 2 is 1.64 bits per heavy atom. The van der Waals surface area contributed by atoms with Gasteiger partial charge in [-0.3, -0.25) is 0 Å². The highest BCUT2D eigenvalue weighted by Gasteiger charge is 2.14. The van der Waals surface area contributed by atoms with Crippen LogP contribution in [0.3, 0.4) is 0 Å². The van der Waals surface area contributed by atoms with Gasteiger partial charge >= 0.3 is 0 Å². The molecule has 5 rings (SSSR count). The van der Waals surface area contributed by atoms with Gasteiger partial charge in [-0.2, -0.15) is 0 Å². The van der Waals surface area contributed by atoms with Crippen molar-refractivity contribution in [1.29, 1.82) is 0 Å². The van der Waals surface area contributed by atoms with E-state index in [-0.39, 0.29) is 0 Å². The van der Waals surface area contributed by atoms with E-state index in [4.69, 9.17) is 26.1 Å². The molecule has 5 aromatic rings. The van der Waals surface area contributed by atoms with Crippen LogP contribution >= 0.6 is 11.6 Å². The summed E-state index contributed by atoms with van der Waals surface area (Å²) in [6, 6.07) is 26.2. The summed E-state index contributed by atoms with van der Waals surface area (Å²) in [6.07, 6.45) is 0. The molecule has 0 amide bonds. The minimum Gasteiger partial charge on any atom is -0.496 e. The second-order valence-electron chi connectivity index (χ2n) is 7.80. The summed E-state index contributed by atoms with van der Waals surface area (Å²) in [5.41, 5.74) is 4.29. The van der Waals surface area contributed by atoms with Crippen LogP contribution in [0.5, 0.6) is 11.5 Å². The van der Waals surface area contributed by atoms with Crippen LogP contribution < -0.4 is 14.8 Å². The first-order valence-electron chi connectivity index (χ1n) is 10.7. The highest BCUT2D eigenvalue weighted by atomic mass is 35.5. The molecule has 0 aliphatic carbocycles. The SMILES string of the molecule is COc1ccc(CNc2nc3ccccc3n2Cc2ccc(Cl)cc2)c2c(OC)cccc12. The molecule has 0 fully saturated rings. The van der Waals surface area contributed by atoms with Crippen molar-refractivity contribution in [3.8, 4) is 11.5 Å². The standard InChI is InChI=1S/C27H24ClN3O2/c1-32-24-15-12-19(26-21(24)6-5-9-25(26)33-2)16-29-27-30-22-7-3-4-8-23(22)31(27)17-18-10-13-20(28)14-11-18/h3-15H,16-17H2,1-2H3,(H,29,30). The lowest BCUT2D eigenvalue weighted by Crippen LogP contribution is -2.09. The molecule has 166 valence electrons. The predicted octanol–water partition coefficient (Wildman–Crippen LogP) is 6.52. The van der Waals surface area contributed by atoms with Crippen LogP contribution in [0, 0.1) is 0 Å². The quantitative estimate of drug-likeness (QED) is 0.302. The lowest BCUT2D eigenvalue weighted by Gasteiger charge is -2.15. The Hall–Kier alpha value is -3.70. The van der Waals surface area contributed by atoms with E-state index in [0.717, 1.165) is 55.4 Å². The van der Waals surface area contributed by atoms with Gasteiger partial charge in [-0.1, -0.05) is 54.1 Å². The Morgan fingerprint density at radius 1 is 0.848 bits per heavy atom. The maximum absolute atomic E-state index is 6.08. The number of halogens is 1. The predicted molar refractivity (Wildman–Crippen MR) is 135 cm³/mol. The van der Waals surface area contributed by atoms with Crippen LogP contribution in [0.25, 0.3) is 21.8 Å². The first-order valence-corrected chi connectivity index (χ1v) is 11.1. The van der Waals surface area contributed by atoms with Gasteiger partial charge in [-0.25, -0.2) is 4.98 Å². The molecule has 6 heteroatoms. The highest BCUT2D eigenvalue weighted by molar-refractivity contribution is 6.30. The topological polar surface area (TPSA) is 48.3 Å². The average molecular weight is 458 g/mol. The van der Waals surface area contributed by atoms with Gasteiger partial charge in [0.05, 0.1) is 31.8 Å². The second kappa shape index (κ2) is 9.04. The number of methoxy groups -OCH3 is 2. The lowest BCUT2D eigenvalue weighted by atomic mass is 10.0. The molecule has 0 aliphatic rings. The number of para-hydroxylation sites is 2. The number of ether oxygens (including phenoxy) is 2. The molecule has 0 atom stereocenters. The van der Waals surface area contributed by atoms with Gasteiger partial charge in [0.25, 0.3) is 0 Å². The van der Waals surface area contributed by atoms with Crippen LogP contribution in [-0.4, -0.2) is 23.8 Å². The monoisotopic (exact) mass is 457 g/mol. The molecule has 0 aliphatic heterocycles. The number of hydrogen-bond acceptors (Lipinski definition) is 4. The van der Waals surface area contributed by atoms with Crippen molar-refractivity contribution < 1.29 is 9.47 Å². The molecule has 1 heterocycles. The smallest absolute Gasteiger partial charge is 0.204 e. The van der Waals surface area contributed by atoms with Crippen LogP contribution in [0.4, 0.5) is 5.95 Å². The van der Waals surface area contributed by atoms with Gasteiger partial charge in [0.15, 0.2) is 0 Å². The maximum atomic E-state index is 6.08. The third-order valence-corrected chi connectivity index (χ3v) is 6.09. The van der Waals surface area contributed by atoms with Crippen molar-refractivity contribution >= 4 is 39.4 Å². The number of aromatic nitrogens is 2. The van der Waals surface area contributed by atoms with Crippen molar-refractivity contribution in [2.75, 3.05) is 19.5 Å². The van der Waals surface area contributed by atoms with Crippen molar-refractivity contribution in [3.63, 3.8) is 0 Å².